The molecular formula is C24H21N. The first-order valence-electron chi connectivity index (χ1n) is 8.74. The molecule has 1 heteroatoms. The van der Waals surface area contributed by atoms with Crippen molar-refractivity contribution in [3.05, 3.63) is 114 Å². The van der Waals surface area contributed by atoms with E-state index in [1.807, 2.05) is 6.07 Å². The summed E-state index contributed by atoms with van der Waals surface area (Å²) < 4.78 is 0. The van der Waals surface area contributed by atoms with E-state index < -0.39 is 0 Å². The van der Waals surface area contributed by atoms with E-state index in [0.29, 0.717) is 5.92 Å². The Hall–Kier alpha value is -3.06. The van der Waals surface area contributed by atoms with Crippen LogP contribution in [0.15, 0.2) is 109 Å². The summed E-state index contributed by atoms with van der Waals surface area (Å²) in [6.45, 7) is 0. The van der Waals surface area contributed by atoms with E-state index >= 15 is 0 Å². The van der Waals surface area contributed by atoms with Crippen LogP contribution >= 0.6 is 0 Å². The van der Waals surface area contributed by atoms with Crippen molar-refractivity contribution in [3.63, 3.8) is 0 Å². The second kappa shape index (κ2) is 7.23. The Labute approximate surface area is 149 Å². The van der Waals surface area contributed by atoms with Crippen LogP contribution in [0.5, 0.6) is 0 Å². The van der Waals surface area contributed by atoms with Gasteiger partial charge in [-0.2, -0.15) is 0 Å². The van der Waals surface area contributed by atoms with Gasteiger partial charge in [0.2, 0.25) is 0 Å². The Morgan fingerprint density at radius 2 is 1.32 bits per heavy atom. The minimum absolute atomic E-state index is 0.479. The number of rotatable bonds is 4. The van der Waals surface area contributed by atoms with E-state index in [0.717, 1.165) is 12.1 Å². The highest BCUT2D eigenvalue weighted by molar-refractivity contribution is 5.66. The SMILES string of the molecule is C1=CC(c2ccccc2)CC=C1Nc1ccc(-c2ccccc2)cc1. The average molecular weight is 323 g/mol. The molecule has 1 aliphatic carbocycles. The first-order valence-corrected chi connectivity index (χ1v) is 8.74. The highest BCUT2D eigenvalue weighted by Gasteiger charge is 2.10. The molecule has 0 spiro atoms. The fourth-order valence-corrected chi connectivity index (χ4v) is 3.20. The van der Waals surface area contributed by atoms with Gasteiger partial charge in [-0.25, -0.2) is 0 Å². The molecule has 1 nitrogen and oxygen atoms in total. The van der Waals surface area contributed by atoms with Gasteiger partial charge in [0.15, 0.2) is 0 Å². The molecule has 25 heavy (non-hydrogen) atoms. The van der Waals surface area contributed by atoms with Gasteiger partial charge in [-0.05, 0) is 41.3 Å². The van der Waals surface area contributed by atoms with Crippen LogP contribution in [-0.2, 0) is 0 Å². The molecule has 0 aliphatic heterocycles. The lowest BCUT2D eigenvalue weighted by atomic mass is 9.92. The number of nitrogens with one attached hydrogen (secondary N) is 1. The van der Waals surface area contributed by atoms with Gasteiger partial charge in [-0.1, -0.05) is 84.9 Å². The summed E-state index contributed by atoms with van der Waals surface area (Å²) in [5.74, 6) is 0.479. The summed E-state index contributed by atoms with van der Waals surface area (Å²) in [5, 5.41) is 3.51. The molecule has 0 saturated heterocycles. The maximum Gasteiger partial charge on any atom is 0.0384 e. The third-order valence-electron chi connectivity index (χ3n) is 4.61. The molecule has 122 valence electrons. The lowest BCUT2D eigenvalue weighted by molar-refractivity contribution is 0.846. The molecule has 0 saturated carbocycles. The van der Waals surface area contributed by atoms with Crippen molar-refractivity contribution in [1.29, 1.82) is 0 Å². The number of anilines is 1. The summed E-state index contributed by atoms with van der Waals surface area (Å²) in [7, 11) is 0. The van der Waals surface area contributed by atoms with Crippen molar-refractivity contribution in [2.75, 3.05) is 5.32 Å². The van der Waals surface area contributed by atoms with Crippen molar-refractivity contribution in [2.45, 2.75) is 12.3 Å². The zero-order valence-electron chi connectivity index (χ0n) is 14.1. The van der Waals surface area contributed by atoms with Crippen LogP contribution in [0.4, 0.5) is 5.69 Å². The lowest BCUT2D eigenvalue weighted by Crippen LogP contribution is -2.04. The third-order valence-corrected chi connectivity index (χ3v) is 4.61. The molecule has 4 rings (SSSR count). The Morgan fingerprint density at radius 1 is 0.680 bits per heavy atom. The smallest absolute Gasteiger partial charge is 0.0384 e. The summed E-state index contributed by atoms with van der Waals surface area (Å²) >= 11 is 0. The molecule has 0 aromatic heterocycles. The van der Waals surface area contributed by atoms with Crippen LogP contribution in [0.25, 0.3) is 11.1 Å². The van der Waals surface area contributed by atoms with Gasteiger partial charge < -0.3 is 5.32 Å². The molecule has 0 bridgehead atoms. The Kier molecular flexibility index (Phi) is 4.47. The van der Waals surface area contributed by atoms with Crippen LogP contribution in [0, 0.1) is 0 Å². The Morgan fingerprint density at radius 3 is 1.96 bits per heavy atom. The summed E-state index contributed by atoms with van der Waals surface area (Å²) in [4.78, 5) is 0. The second-order valence-corrected chi connectivity index (χ2v) is 6.34. The van der Waals surface area contributed by atoms with Crippen molar-refractivity contribution >= 4 is 5.69 Å². The van der Waals surface area contributed by atoms with Gasteiger partial charge in [0.05, 0.1) is 0 Å². The van der Waals surface area contributed by atoms with Gasteiger partial charge in [0, 0.05) is 17.3 Å². The van der Waals surface area contributed by atoms with E-state index in [2.05, 4.69) is 102 Å². The summed E-state index contributed by atoms with van der Waals surface area (Å²) in [6.07, 6.45) is 7.79. The molecule has 1 N–H and O–H groups in total. The van der Waals surface area contributed by atoms with Gasteiger partial charge in [0.1, 0.15) is 0 Å². The predicted octanol–water partition coefficient (Wildman–Crippen LogP) is 6.39. The zero-order valence-corrected chi connectivity index (χ0v) is 14.1. The van der Waals surface area contributed by atoms with E-state index in [-0.39, 0.29) is 0 Å². The van der Waals surface area contributed by atoms with Crippen molar-refractivity contribution in [2.24, 2.45) is 0 Å². The van der Waals surface area contributed by atoms with Gasteiger partial charge in [-0.15, -0.1) is 0 Å². The quantitative estimate of drug-likeness (QED) is 0.586. The maximum atomic E-state index is 3.51. The monoisotopic (exact) mass is 323 g/mol. The molecule has 1 unspecified atom stereocenters. The van der Waals surface area contributed by atoms with Crippen LogP contribution in [-0.4, -0.2) is 0 Å². The van der Waals surface area contributed by atoms with Crippen LogP contribution in [0.2, 0.25) is 0 Å². The number of hydrogen-bond acceptors (Lipinski definition) is 1. The maximum absolute atomic E-state index is 3.51. The van der Waals surface area contributed by atoms with Gasteiger partial charge >= 0.3 is 0 Å². The molecular weight excluding hydrogens is 302 g/mol. The summed E-state index contributed by atoms with van der Waals surface area (Å²) in [5.41, 5.74) is 6.15. The van der Waals surface area contributed by atoms with Crippen molar-refractivity contribution in [3.8, 4) is 11.1 Å². The predicted molar refractivity (Wildman–Crippen MR) is 107 cm³/mol. The van der Waals surface area contributed by atoms with Crippen LogP contribution in [0.1, 0.15) is 17.9 Å². The Bertz CT molecular complexity index is 874. The number of allylic oxidation sites excluding steroid dienone is 3. The fraction of sp³-hybridized carbons (Fsp3) is 0.0833. The number of benzene rings is 3. The molecule has 0 heterocycles. The van der Waals surface area contributed by atoms with Crippen LogP contribution in [0.3, 0.4) is 0 Å². The normalized spacial score (nSPS) is 16.3. The standard InChI is InChI=1S/C24H21N/c1-3-7-19(8-4-1)21-11-15-23(16-12-21)25-24-17-13-22(14-18-24)20-9-5-2-6-10-20/h1-13,15-18,22,25H,14H2. The molecule has 0 radical (unpaired) electrons. The first kappa shape index (κ1) is 15.5. The van der Waals surface area contributed by atoms with Gasteiger partial charge in [-0.3, -0.25) is 0 Å². The average Bonchev–Trinajstić information content (AvgIpc) is 2.71. The van der Waals surface area contributed by atoms with Crippen molar-refractivity contribution < 1.29 is 0 Å². The molecule has 3 aromatic rings. The van der Waals surface area contributed by atoms with Crippen molar-refractivity contribution in [1.82, 2.24) is 0 Å². The van der Waals surface area contributed by atoms with Gasteiger partial charge in [0.25, 0.3) is 0 Å². The number of hydrogen-bond donors (Lipinski definition) is 1. The molecule has 0 fully saturated rings. The molecule has 3 aromatic carbocycles. The highest BCUT2D eigenvalue weighted by Crippen LogP contribution is 2.27. The Balaban J connectivity index is 1.42. The molecule has 1 aliphatic rings. The third kappa shape index (κ3) is 3.72. The molecule has 0 amide bonds. The zero-order chi connectivity index (χ0) is 16.9. The first-order chi connectivity index (χ1) is 12.4. The van der Waals surface area contributed by atoms with E-state index in [9.17, 15) is 0 Å². The summed E-state index contributed by atoms with van der Waals surface area (Å²) in [6, 6.07) is 29.7. The fourth-order valence-electron chi connectivity index (χ4n) is 3.20. The lowest BCUT2D eigenvalue weighted by Gasteiger charge is -2.18. The second-order valence-electron chi connectivity index (χ2n) is 6.34. The minimum Gasteiger partial charge on any atom is -0.356 e. The largest absolute Gasteiger partial charge is 0.356 e. The van der Waals surface area contributed by atoms with Crippen LogP contribution < -0.4 is 5.32 Å². The topological polar surface area (TPSA) is 12.0 Å². The van der Waals surface area contributed by atoms with E-state index in [1.54, 1.807) is 0 Å². The van der Waals surface area contributed by atoms with E-state index in [1.165, 1.54) is 22.4 Å². The highest BCUT2D eigenvalue weighted by atomic mass is 14.9. The molecule has 1 atom stereocenters. The minimum atomic E-state index is 0.479. The van der Waals surface area contributed by atoms with E-state index in [4.69, 9.17) is 0 Å².